The zero-order chi connectivity index (χ0) is 16.1. The van der Waals surface area contributed by atoms with Crippen LogP contribution in [0.5, 0.6) is 0 Å². The van der Waals surface area contributed by atoms with Gasteiger partial charge in [0.1, 0.15) is 0 Å². The maximum Gasteiger partial charge on any atom is 0.251 e. The van der Waals surface area contributed by atoms with E-state index in [9.17, 15) is 9.90 Å². The molecular formula is C20H23NO2. The minimum absolute atomic E-state index is 0.0352. The zero-order valence-electron chi connectivity index (χ0n) is 13.2. The van der Waals surface area contributed by atoms with Crippen molar-refractivity contribution in [2.75, 3.05) is 6.54 Å². The molecule has 0 spiro atoms. The first-order valence-corrected chi connectivity index (χ1v) is 8.26. The normalized spacial score (nSPS) is 24.1. The molecular weight excluding hydrogens is 286 g/mol. The highest BCUT2D eigenvalue weighted by atomic mass is 16.3. The Bertz CT molecular complexity index is 631. The van der Waals surface area contributed by atoms with Crippen LogP contribution in [0.25, 0.3) is 0 Å². The third kappa shape index (κ3) is 3.62. The maximum absolute atomic E-state index is 12.4. The van der Waals surface area contributed by atoms with Gasteiger partial charge in [-0.15, -0.1) is 0 Å². The monoisotopic (exact) mass is 309 g/mol. The summed E-state index contributed by atoms with van der Waals surface area (Å²) < 4.78 is 0. The topological polar surface area (TPSA) is 49.3 Å². The summed E-state index contributed by atoms with van der Waals surface area (Å²) in [5, 5.41) is 13.0. The average molecular weight is 309 g/mol. The van der Waals surface area contributed by atoms with E-state index < -0.39 is 0 Å². The molecule has 3 heteroatoms. The van der Waals surface area contributed by atoms with Gasteiger partial charge in [-0.05, 0) is 43.4 Å². The summed E-state index contributed by atoms with van der Waals surface area (Å²) in [6.45, 7) is 0.609. The maximum atomic E-state index is 12.4. The standard InChI is InChI=1S/C20H23NO2/c22-18-11-13-20(14-12-18,17-9-5-2-6-10-17)15-21-19(23)16-7-3-1-4-8-16/h1-10,18,22H,11-15H2,(H,21,23). The van der Waals surface area contributed by atoms with Crippen LogP contribution in [0.15, 0.2) is 60.7 Å². The third-order valence-electron chi connectivity index (χ3n) is 4.92. The number of hydrogen-bond acceptors (Lipinski definition) is 2. The highest BCUT2D eigenvalue weighted by Gasteiger charge is 2.36. The number of nitrogens with one attached hydrogen (secondary N) is 1. The zero-order valence-corrected chi connectivity index (χ0v) is 13.2. The van der Waals surface area contributed by atoms with Crippen molar-refractivity contribution in [1.29, 1.82) is 0 Å². The van der Waals surface area contributed by atoms with Crippen LogP contribution in [0, 0.1) is 0 Å². The summed E-state index contributed by atoms with van der Waals surface area (Å²) in [7, 11) is 0. The minimum Gasteiger partial charge on any atom is -0.393 e. The first-order valence-electron chi connectivity index (χ1n) is 8.26. The average Bonchev–Trinajstić information content (AvgIpc) is 2.63. The number of carbonyl (C=O) groups excluding carboxylic acids is 1. The summed E-state index contributed by atoms with van der Waals surface area (Å²) in [5.41, 5.74) is 1.86. The largest absolute Gasteiger partial charge is 0.393 e. The molecule has 23 heavy (non-hydrogen) atoms. The van der Waals surface area contributed by atoms with Crippen LogP contribution in [0.3, 0.4) is 0 Å². The molecule has 0 unspecified atom stereocenters. The van der Waals surface area contributed by atoms with Crippen LogP contribution in [-0.2, 0) is 5.41 Å². The van der Waals surface area contributed by atoms with Gasteiger partial charge in [0, 0.05) is 17.5 Å². The van der Waals surface area contributed by atoms with Crippen molar-refractivity contribution >= 4 is 5.91 Å². The second-order valence-electron chi connectivity index (χ2n) is 6.43. The molecule has 3 nitrogen and oxygen atoms in total. The van der Waals surface area contributed by atoms with Crippen LogP contribution in [-0.4, -0.2) is 23.7 Å². The van der Waals surface area contributed by atoms with Crippen molar-refractivity contribution in [3.63, 3.8) is 0 Å². The smallest absolute Gasteiger partial charge is 0.251 e. The molecule has 2 aromatic carbocycles. The van der Waals surface area contributed by atoms with Gasteiger partial charge < -0.3 is 10.4 Å². The van der Waals surface area contributed by atoms with E-state index in [-0.39, 0.29) is 17.4 Å². The van der Waals surface area contributed by atoms with Crippen molar-refractivity contribution in [3.8, 4) is 0 Å². The van der Waals surface area contributed by atoms with Crippen molar-refractivity contribution in [1.82, 2.24) is 5.32 Å². The number of rotatable bonds is 4. The number of carbonyl (C=O) groups is 1. The number of aliphatic hydroxyl groups is 1. The van der Waals surface area contributed by atoms with Gasteiger partial charge in [0.05, 0.1) is 6.10 Å². The molecule has 0 saturated heterocycles. The second kappa shape index (κ2) is 6.97. The molecule has 1 aliphatic carbocycles. The first-order chi connectivity index (χ1) is 11.2. The van der Waals surface area contributed by atoms with Gasteiger partial charge in [0.2, 0.25) is 0 Å². The third-order valence-corrected chi connectivity index (χ3v) is 4.92. The Hall–Kier alpha value is -2.13. The lowest BCUT2D eigenvalue weighted by atomic mass is 9.68. The Morgan fingerprint density at radius 3 is 2.17 bits per heavy atom. The van der Waals surface area contributed by atoms with Gasteiger partial charge in [0.25, 0.3) is 5.91 Å². The van der Waals surface area contributed by atoms with E-state index in [1.165, 1.54) is 5.56 Å². The van der Waals surface area contributed by atoms with Gasteiger partial charge >= 0.3 is 0 Å². The van der Waals surface area contributed by atoms with Gasteiger partial charge in [-0.3, -0.25) is 4.79 Å². The van der Waals surface area contributed by atoms with Crippen LogP contribution in [0.1, 0.15) is 41.6 Å². The van der Waals surface area contributed by atoms with Crippen LogP contribution in [0.4, 0.5) is 0 Å². The number of aliphatic hydroxyl groups excluding tert-OH is 1. The van der Waals surface area contributed by atoms with Crippen molar-refractivity contribution in [2.24, 2.45) is 0 Å². The highest BCUT2D eigenvalue weighted by molar-refractivity contribution is 5.94. The van der Waals surface area contributed by atoms with Gasteiger partial charge in [-0.25, -0.2) is 0 Å². The molecule has 1 saturated carbocycles. The molecule has 0 bridgehead atoms. The molecule has 0 aromatic heterocycles. The molecule has 120 valence electrons. The molecule has 0 aliphatic heterocycles. The van der Waals surface area contributed by atoms with E-state index in [1.54, 1.807) is 0 Å². The number of benzene rings is 2. The quantitative estimate of drug-likeness (QED) is 0.910. The Morgan fingerprint density at radius 1 is 1.00 bits per heavy atom. The van der Waals surface area contributed by atoms with E-state index in [2.05, 4.69) is 17.4 Å². The Labute approximate surface area is 137 Å². The molecule has 2 N–H and O–H groups in total. The van der Waals surface area contributed by atoms with Gasteiger partial charge in [-0.2, -0.15) is 0 Å². The minimum atomic E-state index is -0.211. The van der Waals surface area contributed by atoms with E-state index in [1.807, 2.05) is 48.5 Å². The highest BCUT2D eigenvalue weighted by Crippen LogP contribution is 2.39. The van der Waals surface area contributed by atoms with Crippen LogP contribution < -0.4 is 5.32 Å². The van der Waals surface area contributed by atoms with Crippen molar-refractivity contribution in [2.45, 2.75) is 37.2 Å². The van der Waals surface area contributed by atoms with Crippen LogP contribution >= 0.6 is 0 Å². The van der Waals surface area contributed by atoms with Crippen molar-refractivity contribution < 1.29 is 9.90 Å². The fourth-order valence-electron chi connectivity index (χ4n) is 3.46. The molecule has 0 heterocycles. The summed E-state index contributed by atoms with van der Waals surface area (Å²) in [6.07, 6.45) is 3.16. The number of hydrogen-bond donors (Lipinski definition) is 2. The lowest BCUT2D eigenvalue weighted by Crippen LogP contribution is -2.44. The fraction of sp³-hybridized carbons (Fsp3) is 0.350. The fourth-order valence-corrected chi connectivity index (χ4v) is 3.46. The molecule has 3 rings (SSSR count). The summed E-state index contributed by atoms with van der Waals surface area (Å²) in [6, 6.07) is 19.7. The second-order valence-corrected chi connectivity index (χ2v) is 6.43. The Morgan fingerprint density at radius 2 is 1.57 bits per heavy atom. The molecule has 0 atom stereocenters. The summed E-state index contributed by atoms with van der Waals surface area (Å²) in [4.78, 5) is 12.4. The molecule has 2 aromatic rings. The van der Waals surface area contributed by atoms with E-state index in [0.717, 1.165) is 25.7 Å². The summed E-state index contributed by atoms with van der Waals surface area (Å²) >= 11 is 0. The SMILES string of the molecule is O=C(NCC1(c2ccccc2)CCC(O)CC1)c1ccccc1. The van der Waals surface area contributed by atoms with E-state index >= 15 is 0 Å². The molecule has 1 amide bonds. The number of amides is 1. The van der Waals surface area contributed by atoms with E-state index in [0.29, 0.717) is 12.1 Å². The summed E-state index contributed by atoms with van der Waals surface area (Å²) in [5.74, 6) is -0.0352. The Balaban J connectivity index is 1.76. The lowest BCUT2D eigenvalue weighted by molar-refractivity contribution is 0.0852. The molecule has 1 aliphatic rings. The lowest BCUT2D eigenvalue weighted by Gasteiger charge is -2.39. The van der Waals surface area contributed by atoms with Crippen molar-refractivity contribution in [3.05, 3.63) is 71.8 Å². The molecule has 1 fully saturated rings. The first kappa shape index (κ1) is 15.8. The van der Waals surface area contributed by atoms with Gasteiger partial charge in [0.15, 0.2) is 0 Å². The van der Waals surface area contributed by atoms with Crippen LogP contribution in [0.2, 0.25) is 0 Å². The predicted octanol–water partition coefficient (Wildman–Crippen LogP) is 3.29. The predicted molar refractivity (Wildman–Crippen MR) is 91.4 cm³/mol. The molecule has 0 radical (unpaired) electrons. The van der Waals surface area contributed by atoms with Gasteiger partial charge in [-0.1, -0.05) is 48.5 Å². The Kier molecular flexibility index (Phi) is 4.77. The van der Waals surface area contributed by atoms with E-state index in [4.69, 9.17) is 0 Å².